The van der Waals surface area contributed by atoms with Gasteiger partial charge in [0.25, 0.3) is 5.69 Å². The third-order valence-corrected chi connectivity index (χ3v) is 4.99. The van der Waals surface area contributed by atoms with Gasteiger partial charge in [0.05, 0.1) is 10.3 Å². The molecule has 1 aromatic rings. The van der Waals surface area contributed by atoms with Crippen LogP contribution in [0.4, 0.5) is 5.69 Å². The van der Waals surface area contributed by atoms with Crippen LogP contribution in [-0.4, -0.2) is 22.3 Å². The maximum absolute atomic E-state index is 12.5. The van der Waals surface area contributed by atoms with Gasteiger partial charge >= 0.3 is 0 Å². The number of hydrogen-bond donors (Lipinski definition) is 0. The topological polar surface area (TPSA) is 87.9 Å². The van der Waals surface area contributed by atoms with Crippen LogP contribution in [-0.2, 0) is 25.7 Å². The normalized spacial score (nSPS) is 36.0. The van der Waals surface area contributed by atoms with Gasteiger partial charge in [-0.25, -0.2) is 0 Å². The molecule has 0 amide bonds. The highest BCUT2D eigenvalue weighted by Crippen LogP contribution is 2.55. The molecule has 2 bridgehead atoms. The Kier molecular flexibility index (Phi) is 3.55. The van der Waals surface area contributed by atoms with E-state index in [1.807, 2.05) is 0 Å². The zero-order valence-electron chi connectivity index (χ0n) is 13.3. The van der Waals surface area contributed by atoms with Crippen molar-refractivity contribution in [1.29, 1.82) is 0 Å². The fourth-order valence-electron chi connectivity index (χ4n) is 3.50. The maximum atomic E-state index is 12.5. The minimum Gasteiger partial charge on any atom is -0.312 e. The number of carbonyl (C=O) groups excluding carboxylic acids is 1. The number of ketones is 1. The molecular formula is C16H19NO6. The van der Waals surface area contributed by atoms with E-state index >= 15 is 0 Å². The highest BCUT2D eigenvalue weighted by atomic mass is 17.3. The van der Waals surface area contributed by atoms with Crippen LogP contribution in [0.1, 0.15) is 39.2 Å². The molecule has 7 nitrogen and oxygen atoms in total. The number of nitrogens with zero attached hydrogens (tertiary/aromatic N) is 1. The second-order valence-corrected chi connectivity index (χ2v) is 6.59. The molecule has 2 fully saturated rings. The van der Waals surface area contributed by atoms with Gasteiger partial charge in [0.2, 0.25) is 11.6 Å². The SMILES string of the molecule is CC(=O)[C@]1(Cc2ccc([N+](=O)[O-])cc2)CC[C@]2(C)OO[C@@]1(C)O2. The molecule has 2 saturated heterocycles. The van der Waals surface area contributed by atoms with E-state index in [9.17, 15) is 14.9 Å². The lowest BCUT2D eigenvalue weighted by atomic mass is 9.67. The summed E-state index contributed by atoms with van der Waals surface area (Å²) in [5, 5.41) is 10.8. The molecule has 0 N–H and O–H groups in total. The molecule has 23 heavy (non-hydrogen) atoms. The third-order valence-electron chi connectivity index (χ3n) is 4.99. The Labute approximate surface area is 133 Å². The predicted octanol–water partition coefficient (Wildman–Crippen LogP) is 2.92. The van der Waals surface area contributed by atoms with Crippen LogP contribution in [0.2, 0.25) is 0 Å². The Morgan fingerprint density at radius 3 is 2.43 bits per heavy atom. The molecule has 0 unspecified atom stereocenters. The molecule has 0 radical (unpaired) electrons. The van der Waals surface area contributed by atoms with E-state index in [0.717, 1.165) is 5.56 Å². The Balaban J connectivity index is 1.93. The summed E-state index contributed by atoms with van der Waals surface area (Å²) < 4.78 is 5.91. The molecule has 2 aliphatic rings. The molecule has 1 aromatic carbocycles. The minimum absolute atomic E-state index is 0.0183. The van der Waals surface area contributed by atoms with E-state index in [4.69, 9.17) is 14.5 Å². The van der Waals surface area contributed by atoms with Gasteiger partial charge in [0.1, 0.15) is 5.78 Å². The van der Waals surface area contributed by atoms with Crippen molar-refractivity contribution in [1.82, 2.24) is 0 Å². The summed E-state index contributed by atoms with van der Waals surface area (Å²) in [6, 6.07) is 6.20. The average Bonchev–Trinajstić information content (AvgIpc) is 2.75. The maximum Gasteiger partial charge on any atom is 0.269 e. The van der Waals surface area contributed by atoms with Crippen molar-refractivity contribution >= 4 is 11.5 Å². The first-order valence-corrected chi connectivity index (χ1v) is 7.51. The largest absolute Gasteiger partial charge is 0.312 e. The molecule has 0 saturated carbocycles. The number of benzene rings is 1. The summed E-state index contributed by atoms with van der Waals surface area (Å²) in [5.41, 5.74) is -0.0569. The van der Waals surface area contributed by atoms with Crippen LogP contribution in [0.25, 0.3) is 0 Å². The highest BCUT2D eigenvalue weighted by molar-refractivity contribution is 5.84. The highest BCUT2D eigenvalue weighted by Gasteiger charge is 2.66. The van der Waals surface area contributed by atoms with Crippen molar-refractivity contribution in [2.45, 2.75) is 51.6 Å². The minimum atomic E-state index is -1.17. The van der Waals surface area contributed by atoms with Gasteiger partial charge in [-0.15, -0.1) is 0 Å². The Morgan fingerprint density at radius 2 is 1.87 bits per heavy atom. The molecule has 2 heterocycles. The number of rotatable bonds is 4. The molecule has 0 aliphatic carbocycles. The van der Waals surface area contributed by atoms with E-state index in [-0.39, 0.29) is 11.5 Å². The Bertz CT molecular complexity index is 659. The summed E-state index contributed by atoms with van der Waals surface area (Å²) in [7, 11) is 0. The quantitative estimate of drug-likeness (QED) is 0.481. The van der Waals surface area contributed by atoms with Crippen molar-refractivity contribution in [3.63, 3.8) is 0 Å². The lowest BCUT2D eigenvalue weighted by molar-refractivity contribution is -0.384. The van der Waals surface area contributed by atoms with Gasteiger partial charge in [-0.05, 0) is 39.2 Å². The standard InChI is InChI=1S/C16H19NO6/c1-11(18)16(9-8-14(2)21-15(16,3)23-22-14)10-12-4-6-13(7-5-12)17(19)20/h4-7H,8-10H2,1-3H3/t14-,15+,16+/m0/s1. The molecule has 3 rings (SSSR count). The zero-order valence-corrected chi connectivity index (χ0v) is 13.3. The van der Waals surface area contributed by atoms with Crippen LogP contribution in [0.5, 0.6) is 0 Å². The second kappa shape index (κ2) is 5.09. The first kappa shape index (κ1) is 16.0. The van der Waals surface area contributed by atoms with Crippen molar-refractivity contribution in [2.75, 3.05) is 0 Å². The summed E-state index contributed by atoms with van der Waals surface area (Å²) in [6.45, 7) is 5.02. The van der Waals surface area contributed by atoms with E-state index in [2.05, 4.69) is 0 Å². The molecule has 0 aromatic heterocycles. The summed E-state index contributed by atoms with van der Waals surface area (Å²) in [4.78, 5) is 33.5. The number of nitro benzene ring substituents is 1. The van der Waals surface area contributed by atoms with Crippen molar-refractivity contribution in [3.05, 3.63) is 39.9 Å². The van der Waals surface area contributed by atoms with Gasteiger partial charge < -0.3 is 4.74 Å². The fraction of sp³-hybridized carbons (Fsp3) is 0.562. The number of hydrogen-bond acceptors (Lipinski definition) is 6. The average molecular weight is 321 g/mol. The molecular weight excluding hydrogens is 302 g/mol. The lowest BCUT2D eigenvalue weighted by Gasteiger charge is -2.45. The molecule has 7 heteroatoms. The van der Waals surface area contributed by atoms with E-state index in [0.29, 0.717) is 19.3 Å². The smallest absolute Gasteiger partial charge is 0.269 e. The van der Waals surface area contributed by atoms with Gasteiger partial charge in [-0.2, -0.15) is 9.78 Å². The molecule has 3 atom stereocenters. The van der Waals surface area contributed by atoms with Crippen LogP contribution in [0.15, 0.2) is 24.3 Å². The number of Topliss-reactive ketones (excluding diaryl/α,β-unsaturated/α-hetero) is 1. The van der Waals surface area contributed by atoms with Crippen LogP contribution < -0.4 is 0 Å². The van der Waals surface area contributed by atoms with E-state index < -0.39 is 21.9 Å². The first-order valence-electron chi connectivity index (χ1n) is 7.51. The van der Waals surface area contributed by atoms with Gasteiger partial charge in [0.15, 0.2) is 0 Å². The summed E-state index contributed by atoms with van der Waals surface area (Å²) in [5.74, 6) is -2.05. The number of fused-ring (bicyclic) bond motifs is 2. The summed E-state index contributed by atoms with van der Waals surface area (Å²) in [6.07, 6.45) is 1.47. The van der Waals surface area contributed by atoms with E-state index in [1.54, 1.807) is 26.0 Å². The lowest BCUT2D eigenvalue weighted by Crippen LogP contribution is -2.57. The number of nitro groups is 1. The molecule has 2 aliphatic heterocycles. The Morgan fingerprint density at radius 1 is 1.22 bits per heavy atom. The van der Waals surface area contributed by atoms with Crippen LogP contribution in [0, 0.1) is 15.5 Å². The molecule has 124 valence electrons. The van der Waals surface area contributed by atoms with Crippen LogP contribution >= 0.6 is 0 Å². The Hall–Kier alpha value is -1.83. The van der Waals surface area contributed by atoms with E-state index in [1.165, 1.54) is 19.1 Å². The summed E-state index contributed by atoms with van der Waals surface area (Å²) >= 11 is 0. The van der Waals surface area contributed by atoms with Gasteiger partial charge in [-0.1, -0.05) is 12.1 Å². The number of ether oxygens (including phenoxy) is 1. The van der Waals surface area contributed by atoms with Gasteiger partial charge in [-0.3, -0.25) is 14.9 Å². The fourth-order valence-corrected chi connectivity index (χ4v) is 3.50. The van der Waals surface area contributed by atoms with Gasteiger partial charge in [0, 0.05) is 18.6 Å². The first-order chi connectivity index (χ1) is 10.7. The van der Waals surface area contributed by atoms with Crippen molar-refractivity contribution in [3.8, 4) is 0 Å². The molecule has 0 spiro atoms. The second-order valence-electron chi connectivity index (χ2n) is 6.59. The number of non-ortho nitro benzene ring substituents is 1. The van der Waals surface area contributed by atoms with Crippen molar-refractivity contribution < 1.29 is 24.2 Å². The van der Waals surface area contributed by atoms with Crippen molar-refractivity contribution in [2.24, 2.45) is 5.41 Å². The van der Waals surface area contributed by atoms with Crippen LogP contribution in [0.3, 0.4) is 0 Å². The predicted molar refractivity (Wildman–Crippen MR) is 79.2 cm³/mol. The third kappa shape index (κ3) is 2.45. The monoisotopic (exact) mass is 321 g/mol. The zero-order chi connectivity index (χ0) is 16.9. The number of carbonyl (C=O) groups is 1.